The van der Waals surface area contributed by atoms with E-state index in [1.807, 2.05) is 0 Å². The second-order valence-corrected chi connectivity index (χ2v) is 5.04. The van der Waals surface area contributed by atoms with Gasteiger partial charge in [0.1, 0.15) is 0 Å². The second kappa shape index (κ2) is 5.64. The molecule has 1 saturated heterocycles. The van der Waals surface area contributed by atoms with Crippen LogP contribution in [0.2, 0.25) is 0 Å². The zero-order valence-electron chi connectivity index (χ0n) is 10.00. The molecule has 4 heteroatoms. The first-order chi connectivity index (χ1) is 7.75. The maximum absolute atomic E-state index is 11.5. The normalized spacial score (nSPS) is 26.7. The van der Waals surface area contributed by atoms with E-state index in [1.165, 1.54) is 12.8 Å². The number of nitrogens with one attached hydrogen (secondary N) is 2. The molecule has 1 amide bonds. The quantitative estimate of drug-likeness (QED) is 0.694. The summed E-state index contributed by atoms with van der Waals surface area (Å²) in [6, 6.07) is 0.370. The summed E-state index contributed by atoms with van der Waals surface area (Å²) < 4.78 is 5.33. The Morgan fingerprint density at radius 3 is 2.88 bits per heavy atom. The molecule has 2 fully saturated rings. The Morgan fingerprint density at radius 1 is 1.44 bits per heavy atom. The van der Waals surface area contributed by atoms with Gasteiger partial charge in [0.15, 0.2) is 0 Å². The number of ether oxygens (including phenoxy) is 1. The Morgan fingerprint density at radius 2 is 2.25 bits per heavy atom. The van der Waals surface area contributed by atoms with Crippen molar-refractivity contribution in [2.75, 3.05) is 26.3 Å². The van der Waals surface area contributed by atoms with Crippen LogP contribution in [0.3, 0.4) is 0 Å². The zero-order valence-corrected chi connectivity index (χ0v) is 10.00. The molecule has 1 aliphatic heterocycles. The number of amides is 1. The van der Waals surface area contributed by atoms with Gasteiger partial charge < -0.3 is 15.4 Å². The van der Waals surface area contributed by atoms with Gasteiger partial charge in [-0.05, 0) is 38.0 Å². The molecular formula is C12H22N2O2. The van der Waals surface area contributed by atoms with Gasteiger partial charge in [0.2, 0.25) is 5.91 Å². The van der Waals surface area contributed by atoms with Gasteiger partial charge in [-0.15, -0.1) is 0 Å². The molecule has 2 aliphatic rings. The van der Waals surface area contributed by atoms with E-state index in [4.69, 9.17) is 4.74 Å². The van der Waals surface area contributed by atoms with Gasteiger partial charge in [-0.2, -0.15) is 0 Å². The van der Waals surface area contributed by atoms with Crippen molar-refractivity contribution in [2.45, 2.75) is 32.2 Å². The highest BCUT2D eigenvalue weighted by Gasteiger charge is 2.23. The van der Waals surface area contributed by atoms with Crippen molar-refractivity contribution < 1.29 is 9.53 Å². The third kappa shape index (κ3) is 3.76. The average Bonchev–Trinajstić information content (AvgIpc) is 2.95. The van der Waals surface area contributed by atoms with Crippen molar-refractivity contribution in [3.05, 3.63) is 0 Å². The van der Waals surface area contributed by atoms with Crippen molar-refractivity contribution in [1.29, 1.82) is 0 Å². The molecule has 92 valence electrons. The van der Waals surface area contributed by atoms with Crippen LogP contribution in [0.4, 0.5) is 0 Å². The number of rotatable bonds is 6. The molecule has 0 aromatic rings. The van der Waals surface area contributed by atoms with E-state index in [0.29, 0.717) is 18.5 Å². The Bertz CT molecular complexity index is 235. The fourth-order valence-electron chi connectivity index (χ4n) is 2.01. The highest BCUT2D eigenvalue weighted by molar-refractivity contribution is 5.78. The first-order valence-corrected chi connectivity index (χ1v) is 6.33. The molecule has 4 nitrogen and oxygen atoms in total. The van der Waals surface area contributed by atoms with Gasteiger partial charge in [-0.25, -0.2) is 0 Å². The van der Waals surface area contributed by atoms with Crippen molar-refractivity contribution in [1.82, 2.24) is 10.6 Å². The van der Waals surface area contributed by atoms with E-state index in [9.17, 15) is 4.79 Å². The van der Waals surface area contributed by atoms with E-state index in [-0.39, 0.29) is 5.91 Å². The molecule has 2 atom stereocenters. The lowest BCUT2D eigenvalue weighted by atomic mass is 10.0. The molecule has 0 spiro atoms. The van der Waals surface area contributed by atoms with Gasteiger partial charge >= 0.3 is 0 Å². The molecule has 2 rings (SSSR count). The summed E-state index contributed by atoms with van der Waals surface area (Å²) >= 11 is 0. The predicted octanol–water partition coefficient (Wildman–Crippen LogP) is 0.527. The van der Waals surface area contributed by atoms with Crippen molar-refractivity contribution >= 4 is 5.91 Å². The van der Waals surface area contributed by atoms with Crippen molar-refractivity contribution in [2.24, 2.45) is 11.8 Å². The lowest BCUT2D eigenvalue weighted by Crippen LogP contribution is -2.41. The minimum atomic E-state index is 0.123. The van der Waals surface area contributed by atoms with Gasteiger partial charge in [0, 0.05) is 19.2 Å². The van der Waals surface area contributed by atoms with Gasteiger partial charge in [0.05, 0.1) is 13.2 Å². The fourth-order valence-corrected chi connectivity index (χ4v) is 2.01. The fraction of sp³-hybridized carbons (Fsp3) is 0.917. The standard InChI is InChI=1S/C12H22N2O2/c1-9(11-4-5-16-8-11)13-7-12(15)14-6-10-2-3-10/h9-11,13H,2-8H2,1H3,(H,14,15). The average molecular weight is 226 g/mol. The van der Waals surface area contributed by atoms with Crippen LogP contribution in [0.5, 0.6) is 0 Å². The summed E-state index contributed by atoms with van der Waals surface area (Å²) in [4.78, 5) is 11.5. The van der Waals surface area contributed by atoms with E-state index in [0.717, 1.165) is 32.1 Å². The van der Waals surface area contributed by atoms with Crippen LogP contribution in [0.1, 0.15) is 26.2 Å². The van der Waals surface area contributed by atoms with E-state index >= 15 is 0 Å². The molecule has 1 saturated carbocycles. The molecule has 0 aromatic carbocycles. The van der Waals surface area contributed by atoms with Gasteiger partial charge in [0.25, 0.3) is 0 Å². The summed E-state index contributed by atoms with van der Waals surface area (Å²) in [5.41, 5.74) is 0. The topological polar surface area (TPSA) is 50.4 Å². The lowest BCUT2D eigenvalue weighted by molar-refractivity contribution is -0.120. The summed E-state index contributed by atoms with van der Waals surface area (Å²) in [5.74, 6) is 1.44. The first kappa shape index (κ1) is 11.9. The summed E-state index contributed by atoms with van der Waals surface area (Å²) in [6.07, 6.45) is 3.67. The number of carbonyl (C=O) groups excluding carboxylic acids is 1. The number of hydrogen-bond donors (Lipinski definition) is 2. The zero-order chi connectivity index (χ0) is 11.4. The molecule has 1 heterocycles. The SMILES string of the molecule is CC(NCC(=O)NCC1CC1)C1CCOC1. The van der Waals surface area contributed by atoms with E-state index < -0.39 is 0 Å². The molecule has 0 aromatic heterocycles. The molecule has 2 unspecified atom stereocenters. The van der Waals surface area contributed by atoms with Crippen LogP contribution >= 0.6 is 0 Å². The van der Waals surface area contributed by atoms with E-state index in [1.54, 1.807) is 0 Å². The molecular weight excluding hydrogens is 204 g/mol. The van der Waals surface area contributed by atoms with Gasteiger partial charge in [-0.3, -0.25) is 4.79 Å². The van der Waals surface area contributed by atoms with Crippen LogP contribution < -0.4 is 10.6 Å². The Kier molecular flexibility index (Phi) is 4.18. The third-order valence-corrected chi connectivity index (χ3v) is 3.54. The molecule has 2 N–H and O–H groups in total. The Balaban J connectivity index is 1.55. The summed E-state index contributed by atoms with van der Waals surface area (Å²) in [7, 11) is 0. The number of carbonyl (C=O) groups is 1. The Hall–Kier alpha value is -0.610. The maximum atomic E-state index is 11.5. The van der Waals surface area contributed by atoms with Crippen molar-refractivity contribution in [3.8, 4) is 0 Å². The van der Waals surface area contributed by atoms with Crippen molar-refractivity contribution in [3.63, 3.8) is 0 Å². The minimum absolute atomic E-state index is 0.123. The molecule has 0 radical (unpaired) electrons. The lowest BCUT2D eigenvalue weighted by Gasteiger charge is -2.18. The van der Waals surface area contributed by atoms with Gasteiger partial charge in [-0.1, -0.05) is 0 Å². The van der Waals surface area contributed by atoms with Crippen LogP contribution in [0.15, 0.2) is 0 Å². The third-order valence-electron chi connectivity index (χ3n) is 3.54. The van der Waals surface area contributed by atoms with Crippen LogP contribution in [-0.4, -0.2) is 38.3 Å². The summed E-state index contributed by atoms with van der Waals surface area (Å²) in [5, 5.41) is 6.23. The molecule has 0 bridgehead atoms. The smallest absolute Gasteiger partial charge is 0.233 e. The van der Waals surface area contributed by atoms with Crippen LogP contribution in [0.25, 0.3) is 0 Å². The highest BCUT2D eigenvalue weighted by Crippen LogP contribution is 2.27. The highest BCUT2D eigenvalue weighted by atomic mass is 16.5. The Labute approximate surface area is 97.1 Å². The van der Waals surface area contributed by atoms with Crippen LogP contribution in [-0.2, 0) is 9.53 Å². The molecule has 1 aliphatic carbocycles. The second-order valence-electron chi connectivity index (χ2n) is 5.04. The number of hydrogen-bond acceptors (Lipinski definition) is 3. The first-order valence-electron chi connectivity index (χ1n) is 6.33. The monoisotopic (exact) mass is 226 g/mol. The minimum Gasteiger partial charge on any atom is -0.381 e. The summed E-state index contributed by atoms with van der Waals surface area (Å²) in [6.45, 7) is 5.13. The largest absolute Gasteiger partial charge is 0.381 e. The van der Waals surface area contributed by atoms with Crippen LogP contribution in [0, 0.1) is 11.8 Å². The predicted molar refractivity (Wildman–Crippen MR) is 62.1 cm³/mol. The van der Waals surface area contributed by atoms with E-state index in [2.05, 4.69) is 17.6 Å². The maximum Gasteiger partial charge on any atom is 0.233 e. The molecule has 16 heavy (non-hydrogen) atoms.